The van der Waals surface area contributed by atoms with Crippen LogP contribution in [-0.2, 0) is 14.3 Å². The fourth-order valence-electron chi connectivity index (χ4n) is 4.37. The van der Waals surface area contributed by atoms with E-state index in [1.54, 1.807) is 0 Å². The van der Waals surface area contributed by atoms with Crippen LogP contribution in [0.15, 0.2) is 48.5 Å². The van der Waals surface area contributed by atoms with Crippen molar-refractivity contribution in [3.63, 3.8) is 0 Å². The van der Waals surface area contributed by atoms with E-state index < -0.39 is 23.5 Å². The molecular weight excluding hydrogens is 432 g/mol. The van der Waals surface area contributed by atoms with Crippen molar-refractivity contribution in [2.45, 2.75) is 58.4 Å². The Balaban J connectivity index is 1.50. The zero-order chi connectivity index (χ0) is 24.7. The Morgan fingerprint density at radius 1 is 1.03 bits per heavy atom. The number of alkyl carbamates (subject to hydrolysis) is 1. The van der Waals surface area contributed by atoms with Gasteiger partial charge in [-0.15, -0.1) is 0 Å². The van der Waals surface area contributed by atoms with Crippen molar-refractivity contribution in [3.8, 4) is 11.1 Å². The lowest BCUT2D eigenvalue weighted by atomic mass is 9.88. The zero-order valence-corrected chi connectivity index (χ0v) is 20.1. The summed E-state index contributed by atoms with van der Waals surface area (Å²) in [6.07, 6.45) is 1.53. The minimum Gasteiger partial charge on any atom is -0.480 e. The standard InChI is InChI=1S/C27H34N2O5/c1-4-5-14-23(25(31)32)29-24(30)15-27(2,3)17-28-26(33)34-16-22-20-12-8-6-10-18(20)19-11-7-9-13-21(19)22/h6-13,22-23H,4-5,14-17H2,1-3H3,(H,28,33)(H,29,30)(H,31,32). The lowest BCUT2D eigenvalue weighted by Gasteiger charge is -2.25. The van der Waals surface area contributed by atoms with Crippen LogP contribution in [0.2, 0.25) is 0 Å². The van der Waals surface area contributed by atoms with Gasteiger partial charge in [0.15, 0.2) is 0 Å². The fraction of sp³-hybridized carbons (Fsp3) is 0.444. The third-order valence-electron chi connectivity index (χ3n) is 6.17. The van der Waals surface area contributed by atoms with Crippen molar-refractivity contribution < 1.29 is 24.2 Å². The van der Waals surface area contributed by atoms with Gasteiger partial charge in [-0.2, -0.15) is 0 Å². The summed E-state index contributed by atoms with van der Waals surface area (Å²) >= 11 is 0. The number of ether oxygens (including phenoxy) is 1. The average molecular weight is 467 g/mol. The molecule has 3 N–H and O–H groups in total. The minimum absolute atomic E-state index is 0.0204. The quantitative estimate of drug-likeness (QED) is 0.445. The number of nitrogens with one attached hydrogen (secondary N) is 2. The van der Waals surface area contributed by atoms with Crippen LogP contribution in [0.25, 0.3) is 11.1 Å². The lowest BCUT2D eigenvalue weighted by molar-refractivity contribution is -0.142. The number of hydrogen-bond acceptors (Lipinski definition) is 4. The summed E-state index contributed by atoms with van der Waals surface area (Å²) in [6.45, 7) is 6.11. The smallest absolute Gasteiger partial charge is 0.407 e. The van der Waals surface area contributed by atoms with Gasteiger partial charge in [0.2, 0.25) is 5.91 Å². The number of carboxylic acids is 1. The third-order valence-corrected chi connectivity index (χ3v) is 6.17. The van der Waals surface area contributed by atoms with Crippen molar-refractivity contribution in [2.75, 3.05) is 13.2 Å². The van der Waals surface area contributed by atoms with Gasteiger partial charge in [-0.3, -0.25) is 4.79 Å². The number of hydrogen-bond donors (Lipinski definition) is 3. The summed E-state index contributed by atoms with van der Waals surface area (Å²) < 4.78 is 5.55. The Morgan fingerprint density at radius 2 is 1.62 bits per heavy atom. The fourth-order valence-corrected chi connectivity index (χ4v) is 4.37. The summed E-state index contributed by atoms with van der Waals surface area (Å²) in [7, 11) is 0. The van der Waals surface area contributed by atoms with Gasteiger partial charge < -0.3 is 20.5 Å². The van der Waals surface area contributed by atoms with Gasteiger partial charge in [0, 0.05) is 18.9 Å². The van der Waals surface area contributed by atoms with Crippen LogP contribution in [0.1, 0.15) is 63.5 Å². The number of carbonyl (C=O) groups excluding carboxylic acids is 2. The Labute approximate surface area is 200 Å². The molecule has 0 spiro atoms. The molecule has 0 bridgehead atoms. The zero-order valence-electron chi connectivity index (χ0n) is 20.1. The molecule has 2 aromatic rings. The first kappa shape index (κ1) is 25.3. The maximum absolute atomic E-state index is 12.4. The maximum Gasteiger partial charge on any atom is 0.407 e. The van der Waals surface area contributed by atoms with Crippen molar-refractivity contribution >= 4 is 18.0 Å². The molecule has 3 rings (SSSR count). The molecule has 0 heterocycles. The first-order chi connectivity index (χ1) is 16.2. The second kappa shape index (κ2) is 11.2. The number of amides is 2. The van der Waals surface area contributed by atoms with Crippen molar-refractivity contribution in [2.24, 2.45) is 5.41 Å². The summed E-state index contributed by atoms with van der Waals surface area (Å²) in [5.74, 6) is -1.40. The van der Waals surface area contributed by atoms with Gasteiger partial charge in [-0.25, -0.2) is 9.59 Å². The molecule has 34 heavy (non-hydrogen) atoms. The highest BCUT2D eigenvalue weighted by Gasteiger charge is 2.30. The molecule has 0 fully saturated rings. The predicted octanol–water partition coefficient (Wildman–Crippen LogP) is 4.70. The highest BCUT2D eigenvalue weighted by Crippen LogP contribution is 2.44. The summed E-state index contributed by atoms with van der Waals surface area (Å²) in [4.78, 5) is 36.2. The van der Waals surface area contributed by atoms with E-state index in [2.05, 4.69) is 34.9 Å². The third kappa shape index (κ3) is 6.37. The van der Waals surface area contributed by atoms with Crippen LogP contribution in [0.3, 0.4) is 0 Å². The van der Waals surface area contributed by atoms with E-state index in [-0.39, 0.29) is 31.4 Å². The van der Waals surface area contributed by atoms with E-state index in [1.807, 2.05) is 45.0 Å². The molecule has 1 atom stereocenters. The molecule has 2 aromatic carbocycles. The Bertz CT molecular complexity index is 988. The molecule has 0 aliphatic heterocycles. The summed E-state index contributed by atoms with van der Waals surface area (Å²) in [5.41, 5.74) is 4.05. The van der Waals surface area contributed by atoms with E-state index in [4.69, 9.17) is 4.74 Å². The first-order valence-electron chi connectivity index (χ1n) is 11.8. The number of rotatable bonds is 11. The van der Waals surface area contributed by atoms with Crippen LogP contribution in [0.5, 0.6) is 0 Å². The number of fused-ring (bicyclic) bond motifs is 3. The number of unbranched alkanes of at least 4 members (excludes halogenated alkanes) is 1. The van der Waals surface area contributed by atoms with E-state index in [0.29, 0.717) is 6.42 Å². The predicted molar refractivity (Wildman–Crippen MR) is 131 cm³/mol. The molecule has 1 aliphatic rings. The molecule has 0 saturated carbocycles. The molecule has 182 valence electrons. The monoisotopic (exact) mass is 466 g/mol. The molecule has 7 nitrogen and oxygen atoms in total. The topological polar surface area (TPSA) is 105 Å². The van der Waals surface area contributed by atoms with Crippen LogP contribution in [0.4, 0.5) is 4.79 Å². The highest BCUT2D eigenvalue weighted by molar-refractivity contribution is 5.84. The van der Waals surface area contributed by atoms with Gasteiger partial charge in [0.25, 0.3) is 0 Å². The Kier molecular flexibility index (Phi) is 8.31. The molecule has 1 aliphatic carbocycles. The van der Waals surface area contributed by atoms with Crippen molar-refractivity contribution in [3.05, 3.63) is 59.7 Å². The second-order valence-electron chi connectivity index (χ2n) is 9.62. The van der Waals surface area contributed by atoms with Crippen LogP contribution in [0, 0.1) is 5.41 Å². The SMILES string of the molecule is CCCCC(NC(=O)CC(C)(C)CNC(=O)OCC1c2ccccc2-c2ccccc21)C(=O)O. The van der Waals surface area contributed by atoms with Gasteiger partial charge in [0.1, 0.15) is 12.6 Å². The van der Waals surface area contributed by atoms with Gasteiger partial charge >= 0.3 is 12.1 Å². The van der Waals surface area contributed by atoms with Crippen LogP contribution < -0.4 is 10.6 Å². The van der Waals surface area contributed by atoms with Crippen molar-refractivity contribution in [1.29, 1.82) is 0 Å². The Morgan fingerprint density at radius 3 is 2.18 bits per heavy atom. The Hall–Kier alpha value is -3.35. The maximum atomic E-state index is 12.4. The summed E-state index contributed by atoms with van der Waals surface area (Å²) in [5, 5.41) is 14.7. The minimum atomic E-state index is -1.03. The lowest BCUT2D eigenvalue weighted by Crippen LogP contribution is -2.44. The molecule has 0 saturated heterocycles. The average Bonchev–Trinajstić information content (AvgIpc) is 3.12. The number of carbonyl (C=O) groups is 3. The molecule has 2 amide bonds. The van der Waals surface area contributed by atoms with Gasteiger partial charge in [0.05, 0.1) is 0 Å². The molecule has 0 radical (unpaired) electrons. The molecule has 7 heteroatoms. The number of aliphatic carboxylic acids is 1. The number of benzene rings is 2. The number of carboxylic acid groups (broad SMARTS) is 1. The first-order valence-corrected chi connectivity index (χ1v) is 11.8. The van der Waals surface area contributed by atoms with Crippen LogP contribution >= 0.6 is 0 Å². The second-order valence-corrected chi connectivity index (χ2v) is 9.62. The normalized spacial score (nSPS) is 13.5. The molecule has 1 unspecified atom stereocenters. The van der Waals surface area contributed by atoms with Gasteiger partial charge in [-0.05, 0) is 34.1 Å². The van der Waals surface area contributed by atoms with E-state index in [0.717, 1.165) is 35.1 Å². The van der Waals surface area contributed by atoms with Crippen LogP contribution in [-0.4, -0.2) is 42.3 Å². The van der Waals surface area contributed by atoms with E-state index in [9.17, 15) is 19.5 Å². The largest absolute Gasteiger partial charge is 0.480 e. The summed E-state index contributed by atoms with van der Waals surface area (Å²) in [6, 6.07) is 15.4. The van der Waals surface area contributed by atoms with E-state index >= 15 is 0 Å². The van der Waals surface area contributed by atoms with Gasteiger partial charge in [-0.1, -0.05) is 82.1 Å². The van der Waals surface area contributed by atoms with Crippen molar-refractivity contribution in [1.82, 2.24) is 10.6 Å². The molecule has 0 aromatic heterocycles. The van der Waals surface area contributed by atoms with E-state index in [1.165, 1.54) is 0 Å². The highest BCUT2D eigenvalue weighted by atomic mass is 16.5. The molecular formula is C27H34N2O5.